The molecule has 0 aromatic heterocycles. The van der Waals surface area contributed by atoms with E-state index in [9.17, 15) is 10.2 Å². The first-order valence-corrected chi connectivity index (χ1v) is 6.82. The van der Waals surface area contributed by atoms with Crippen LogP contribution in [0.3, 0.4) is 0 Å². The highest BCUT2D eigenvalue weighted by Gasteiger charge is 2.03. The zero-order valence-corrected chi connectivity index (χ0v) is 11.7. The molecule has 2 N–H and O–H groups in total. The molecule has 0 aliphatic heterocycles. The van der Waals surface area contributed by atoms with E-state index in [1.807, 2.05) is 36.4 Å². The molecule has 0 aliphatic rings. The predicted octanol–water partition coefficient (Wildman–Crippen LogP) is 5.18. The van der Waals surface area contributed by atoms with Crippen molar-refractivity contribution in [3.05, 3.63) is 72.8 Å². The molecule has 0 fully saturated rings. The second-order valence-electron chi connectivity index (χ2n) is 4.75. The molecule has 0 amide bonds. The van der Waals surface area contributed by atoms with Gasteiger partial charge in [-0.3, -0.25) is 0 Å². The fourth-order valence-electron chi connectivity index (χ4n) is 2.09. The van der Waals surface area contributed by atoms with Crippen LogP contribution in [0.25, 0.3) is 11.1 Å². The van der Waals surface area contributed by atoms with Crippen molar-refractivity contribution < 1.29 is 10.2 Å². The minimum absolute atomic E-state index is 0.0945. The predicted molar refractivity (Wildman–Crippen MR) is 85.8 cm³/mol. The van der Waals surface area contributed by atoms with Gasteiger partial charge in [0.15, 0.2) is 0 Å². The summed E-state index contributed by atoms with van der Waals surface area (Å²) >= 11 is 0. The lowest BCUT2D eigenvalue weighted by Gasteiger charge is -2.04. The number of aromatic hydroxyl groups is 2. The Bertz CT molecular complexity index is 811. The number of para-hydroxylation sites is 2. The van der Waals surface area contributed by atoms with Crippen LogP contribution >= 0.6 is 0 Å². The SMILES string of the molecule is Oc1ccccc1N=Nc1ccc(-c2ccccc2O)cc1. The van der Waals surface area contributed by atoms with E-state index in [1.165, 1.54) is 0 Å². The molecule has 3 aromatic carbocycles. The van der Waals surface area contributed by atoms with Crippen LogP contribution in [0.4, 0.5) is 11.4 Å². The van der Waals surface area contributed by atoms with Crippen LogP contribution in [0.1, 0.15) is 0 Å². The summed E-state index contributed by atoms with van der Waals surface area (Å²) in [5, 5.41) is 27.6. The van der Waals surface area contributed by atoms with Crippen LogP contribution in [-0.4, -0.2) is 10.2 Å². The Kier molecular flexibility index (Phi) is 3.83. The zero-order valence-electron chi connectivity index (χ0n) is 11.7. The van der Waals surface area contributed by atoms with E-state index in [4.69, 9.17) is 0 Å². The van der Waals surface area contributed by atoms with Crippen LogP contribution in [0.5, 0.6) is 11.5 Å². The number of rotatable bonds is 3. The summed E-state index contributed by atoms with van der Waals surface area (Å²) in [6.07, 6.45) is 0. The van der Waals surface area contributed by atoms with Gasteiger partial charge in [0.2, 0.25) is 0 Å². The third kappa shape index (κ3) is 2.96. The average molecular weight is 290 g/mol. The standard InChI is InChI=1S/C18H14N2O2/c21-17-7-3-1-5-15(17)13-9-11-14(12-10-13)19-20-16-6-2-4-8-18(16)22/h1-12,21-22H. The van der Waals surface area contributed by atoms with Crippen LogP contribution in [0, 0.1) is 0 Å². The maximum atomic E-state index is 9.85. The summed E-state index contributed by atoms with van der Waals surface area (Å²) < 4.78 is 0. The second kappa shape index (κ2) is 6.10. The maximum absolute atomic E-state index is 9.85. The lowest BCUT2D eigenvalue weighted by Crippen LogP contribution is -1.77. The van der Waals surface area contributed by atoms with E-state index >= 15 is 0 Å². The molecule has 108 valence electrons. The van der Waals surface area contributed by atoms with E-state index in [-0.39, 0.29) is 11.5 Å². The van der Waals surface area contributed by atoms with Crippen molar-refractivity contribution in [3.8, 4) is 22.6 Å². The first-order valence-electron chi connectivity index (χ1n) is 6.82. The highest BCUT2D eigenvalue weighted by atomic mass is 16.3. The van der Waals surface area contributed by atoms with Gasteiger partial charge in [-0.05, 0) is 35.9 Å². The molecular formula is C18H14N2O2. The molecule has 0 bridgehead atoms. The first kappa shape index (κ1) is 13.8. The Morgan fingerprint density at radius 3 is 1.91 bits per heavy atom. The molecule has 4 heteroatoms. The Hall–Kier alpha value is -3.14. The monoisotopic (exact) mass is 290 g/mol. The summed E-state index contributed by atoms with van der Waals surface area (Å²) in [7, 11) is 0. The number of benzene rings is 3. The van der Waals surface area contributed by atoms with Crippen LogP contribution in [-0.2, 0) is 0 Å². The normalized spacial score (nSPS) is 10.9. The molecule has 3 rings (SSSR count). The molecule has 0 saturated carbocycles. The van der Waals surface area contributed by atoms with Crippen molar-refractivity contribution in [2.45, 2.75) is 0 Å². The third-order valence-corrected chi connectivity index (χ3v) is 3.24. The van der Waals surface area contributed by atoms with Crippen molar-refractivity contribution >= 4 is 11.4 Å². The molecule has 0 aliphatic carbocycles. The van der Waals surface area contributed by atoms with Gasteiger partial charge in [0.05, 0.1) is 5.69 Å². The molecule has 4 nitrogen and oxygen atoms in total. The van der Waals surface area contributed by atoms with Gasteiger partial charge in [-0.15, -0.1) is 5.11 Å². The van der Waals surface area contributed by atoms with Gasteiger partial charge in [0.1, 0.15) is 17.2 Å². The number of nitrogens with zero attached hydrogens (tertiary/aromatic N) is 2. The van der Waals surface area contributed by atoms with E-state index in [1.54, 1.807) is 36.4 Å². The third-order valence-electron chi connectivity index (χ3n) is 3.24. The van der Waals surface area contributed by atoms with Gasteiger partial charge < -0.3 is 10.2 Å². The van der Waals surface area contributed by atoms with Crippen molar-refractivity contribution in [2.75, 3.05) is 0 Å². The van der Waals surface area contributed by atoms with Crippen molar-refractivity contribution in [1.82, 2.24) is 0 Å². The molecule has 0 heterocycles. The van der Waals surface area contributed by atoms with Gasteiger partial charge >= 0.3 is 0 Å². The summed E-state index contributed by atoms with van der Waals surface area (Å²) in [5.41, 5.74) is 2.76. The summed E-state index contributed by atoms with van der Waals surface area (Å²) in [4.78, 5) is 0. The first-order chi connectivity index (χ1) is 10.7. The lowest BCUT2D eigenvalue weighted by molar-refractivity contribution is 0.476. The number of azo groups is 1. The number of phenolic OH excluding ortho intramolecular Hbond substituents is 2. The number of hydrogen-bond acceptors (Lipinski definition) is 4. The molecule has 0 spiro atoms. The van der Waals surface area contributed by atoms with Gasteiger partial charge in [0, 0.05) is 5.56 Å². The smallest absolute Gasteiger partial charge is 0.143 e. The molecule has 0 saturated heterocycles. The molecule has 0 unspecified atom stereocenters. The van der Waals surface area contributed by atoms with E-state index in [0.717, 1.165) is 11.1 Å². The van der Waals surface area contributed by atoms with E-state index < -0.39 is 0 Å². The van der Waals surface area contributed by atoms with Crippen LogP contribution in [0.2, 0.25) is 0 Å². The van der Waals surface area contributed by atoms with Gasteiger partial charge in [-0.2, -0.15) is 5.11 Å². The molecule has 3 aromatic rings. The van der Waals surface area contributed by atoms with E-state index in [0.29, 0.717) is 11.4 Å². The Morgan fingerprint density at radius 1 is 0.591 bits per heavy atom. The highest BCUT2D eigenvalue weighted by Crippen LogP contribution is 2.31. The van der Waals surface area contributed by atoms with Crippen molar-refractivity contribution in [2.24, 2.45) is 10.2 Å². The van der Waals surface area contributed by atoms with Gasteiger partial charge in [0.25, 0.3) is 0 Å². The van der Waals surface area contributed by atoms with Crippen LogP contribution < -0.4 is 0 Å². The highest BCUT2D eigenvalue weighted by molar-refractivity contribution is 5.71. The number of hydrogen-bond donors (Lipinski definition) is 2. The molecule has 22 heavy (non-hydrogen) atoms. The Labute approximate surface area is 128 Å². The quantitative estimate of drug-likeness (QED) is 0.653. The summed E-state index contributed by atoms with van der Waals surface area (Å²) in [5.74, 6) is 0.336. The lowest BCUT2D eigenvalue weighted by atomic mass is 10.0. The average Bonchev–Trinajstić information content (AvgIpc) is 2.55. The molecular weight excluding hydrogens is 276 g/mol. The largest absolute Gasteiger partial charge is 0.507 e. The second-order valence-corrected chi connectivity index (χ2v) is 4.75. The maximum Gasteiger partial charge on any atom is 0.143 e. The van der Waals surface area contributed by atoms with Crippen molar-refractivity contribution in [1.29, 1.82) is 0 Å². The number of phenols is 2. The molecule has 0 atom stereocenters. The van der Waals surface area contributed by atoms with Crippen LogP contribution in [0.15, 0.2) is 83.0 Å². The Balaban J connectivity index is 1.83. The topological polar surface area (TPSA) is 65.2 Å². The fourth-order valence-corrected chi connectivity index (χ4v) is 2.09. The van der Waals surface area contributed by atoms with E-state index in [2.05, 4.69) is 10.2 Å². The minimum atomic E-state index is 0.0945. The molecule has 0 radical (unpaired) electrons. The van der Waals surface area contributed by atoms with Gasteiger partial charge in [-0.25, -0.2) is 0 Å². The van der Waals surface area contributed by atoms with Crippen molar-refractivity contribution in [3.63, 3.8) is 0 Å². The summed E-state index contributed by atoms with van der Waals surface area (Å²) in [6.45, 7) is 0. The Morgan fingerprint density at radius 2 is 1.23 bits per heavy atom. The summed E-state index contributed by atoms with van der Waals surface area (Å²) in [6, 6.07) is 21.3. The minimum Gasteiger partial charge on any atom is -0.507 e. The fraction of sp³-hybridized carbons (Fsp3) is 0. The zero-order chi connectivity index (χ0) is 15.4. The van der Waals surface area contributed by atoms with Gasteiger partial charge in [-0.1, -0.05) is 42.5 Å².